The van der Waals surface area contributed by atoms with Gasteiger partial charge in [-0.1, -0.05) is 29.3 Å². The summed E-state index contributed by atoms with van der Waals surface area (Å²) in [5, 5.41) is 0.395. The van der Waals surface area contributed by atoms with Crippen LogP contribution in [-0.2, 0) is 4.74 Å². The highest BCUT2D eigenvalue weighted by Gasteiger charge is 2.17. The Morgan fingerprint density at radius 1 is 1.22 bits per heavy atom. The largest absolute Gasteiger partial charge is 0.465 e. The monoisotopic (exact) mass is 282 g/mol. The lowest BCUT2D eigenvalue weighted by Crippen LogP contribution is -2.02. The first-order valence-corrected chi connectivity index (χ1v) is 5.73. The minimum Gasteiger partial charge on any atom is -0.465 e. The first-order chi connectivity index (χ1) is 8.65. The van der Waals surface area contributed by atoms with Gasteiger partial charge in [-0.05, 0) is 6.07 Å². The Morgan fingerprint density at radius 3 is 2.61 bits per heavy atom. The van der Waals surface area contributed by atoms with Gasteiger partial charge in [-0.25, -0.2) is 4.79 Å². The van der Waals surface area contributed by atoms with E-state index in [9.17, 15) is 4.79 Å². The molecule has 0 aliphatic carbocycles. The van der Waals surface area contributed by atoms with Crippen LogP contribution in [-0.4, -0.2) is 23.0 Å². The zero-order chi connectivity index (χ0) is 13.1. The first kappa shape index (κ1) is 12.8. The molecule has 0 aliphatic rings. The standard InChI is InChI=1S/C12H8Cl2N2O2/c1-18-12(17)8-3-2-7(10(13)11(8)14)9-6-15-4-5-16-9/h2-6H,1H3. The summed E-state index contributed by atoms with van der Waals surface area (Å²) in [6.45, 7) is 0. The maximum Gasteiger partial charge on any atom is 0.339 e. The van der Waals surface area contributed by atoms with E-state index in [4.69, 9.17) is 23.2 Å². The zero-order valence-electron chi connectivity index (χ0n) is 9.35. The van der Waals surface area contributed by atoms with Crippen LogP contribution in [0.15, 0.2) is 30.7 Å². The van der Waals surface area contributed by atoms with Crippen molar-refractivity contribution in [2.24, 2.45) is 0 Å². The van der Waals surface area contributed by atoms with E-state index in [2.05, 4.69) is 14.7 Å². The molecule has 1 heterocycles. The van der Waals surface area contributed by atoms with Crippen LogP contribution in [0, 0.1) is 0 Å². The van der Waals surface area contributed by atoms with E-state index in [0.29, 0.717) is 11.3 Å². The van der Waals surface area contributed by atoms with E-state index in [-0.39, 0.29) is 15.6 Å². The van der Waals surface area contributed by atoms with Gasteiger partial charge in [0.15, 0.2) is 0 Å². The molecule has 0 unspecified atom stereocenters. The molecule has 4 nitrogen and oxygen atoms in total. The SMILES string of the molecule is COC(=O)c1ccc(-c2cnccn2)c(Cl)c1Cl. The highest BCUT2D eigenvalue weighted by Crippen LogP contribution is 2.35. The maximum absolute atomic E-state index is 11.4. The van der Waals surface area contributed by atoms with Gasteiger partial charge in [-0.2, -0.15) is 0 Å². The van der Waals surface area contributed by atoms with Crippen molar-refractivity contribution in [3.63, 3.8) is 0 Å². The number of esters is 1. The van der Waals surface area contributed by atoms with E-state index in [1.165, 1.54) is 7.11 Å². The number of hydrogen-bond donors (Lipinski definition) is 0. The van der Waals surface area contributed by atoms with Gasteiger partial charge in [0, 0.05) is 18.0 Å². The average Bonchev–Trinajstić information content (AvgIpc) is 2.42. The molecule has 18 heavy (non-hydrogen) atoms. The Bertz CT molecular complexity index is 588. The van der Waals surface area contributed by atoms with Crippen molar-refractivity contribution in [2.75, 3.05) is 7.11 Å². The van der Waals surface area contributed by atoms with Gasteiger partial charge in [-0.15, -0.1) is 0 Å². The third kappa shape index (κ3) is 2.30. The summed E-state index contributed by atoms with van der Waals surface area (Å²) < 4.78 is 4.61. The molecule has 0 saturated carbocycles. The first-order valence-electron chi connectivity index (χ1n) is 4.98. The molecule has 92 valence electrons. The molecular weight excluding hydrogens is 275 g/mol. The van der Waals surface area contributed by atoms with Crippen molar-refractivity contribution in [3.8, 4) is 11.3 Å². The predicted octanol–water partition coefficient (Wildman–Crippen LogP) is 3.24. The molecule has 0 aliphatic heterocycles. The van der Waals surface area contributed by atoms with E-state index < -0.39 is 5.97 Å². The molecular formula is C12H8Cl2N2O2. The number of benzene rings is 1. The summed E-state index contributed by atoms with van der Waals surface area (Å²) in [5.74, 6) is -0.535. The fraction of sp³-hybridized carbons (Fsp3) is 0.0833. The van der Waals surface area contributed by atoms with Crippen LogP contribution in [0.25, 0.3) is 11.3 Å². The minimum atomic E-state index is -0.535. The highest BCUT2D eigenvalue weighted by molar-refractivity contribution is 6.45. The second kappa shape index (κ2) is 5.33. The predicted molar refractivity (Wildman–Crippen MR) is 68.8 cm³/mol. The summed E-state index contributed by atoms with van der Waals surface area (Å²) in [6, 6.07) is 3.20. The average molecular weight is 283 g/mol. The zero-order valence-corrected chi connectivity index (χ0v) is 10.9. The van der Waals surface area contributed by atoms with Crippen molar-refractivity contribution >= 4 is 29.2 Å². The van der Waals surface area contributed by atoms with Crippen LogP contribution < -0.4 is 0 Å². The molecule has 0 saturated heterocycles. The van der Waals surface area contributed by atoms with Gasteiger partial charge in [-0.3, -0.25) is 9.97 Å². The molecule has 6 heteroatoms. The second-order valence-electron chi connectivity index (χ2n) is 3.37. The summed E-state index contributed by atoms with van der Waals surface area (Å²) >= 11 is 12.2. The van der Waals surface area contributed by atoms with Crippen molar-refractivity contribution in [1.82, 2.24) is 9.97 Å². The molecule has 0 spiro atoms. The Kier molecular flexibility index (Phi) is 3.79. The Labute approximate surface area is 114 Å². The van der Waals surface area contributed by atoms with Gasteiger partial charge in [0.05, 0.1) is 34.6 Å². The third-order valence-electron chi connectivity index (χ3n) is 2.33. The maximum atomic E-state index is 11.4. The molecule has 0 atom stereocenters. The van der Waals surface area contributed by atoms with Crippen molar-refractivity contribution in [3.05, 3.63) is 46.3 Å². The van der Waals surface area contributed by atoms with Crippen LogP contribution in [0.4, 0.5) is 0 Å². The van der Waals surface area contributed by atoms with Crippen LogP contribution >= 0.6 is 23.2 Å². The van der Waals surface area contributed by atoms with Gasteiger partial charge in [0.2, 0.25) is 0 Å². The van der Waals surface area contributed by atoms with Gasteiger partial charge < -0.3 is 4.74 Å². The summed E-state index contributed by atoms with van der Waals surface area (Å²) in [7, 11) is 1.28. The Morgan fingerprint density at radius 2 is 2.00 bits per heavy atom. The van der Waals surface area contributed by atoms with Crippen LogP contribution in [0.1, 0.15) is 10.4 Å². The molecule has 0 bridgehead atoms. The Hall–Kier alpha value is -1.65. The highest BCUT2D eigenvalue weighted by atomic mass is 35.5. The number of hydrogen-bond acceptors (Lipinski definition) is 4. The number of carbonyl (C=O) groups is 1. The molecule has 2 rings (SSSR count). The number of methoxy groups -OCH3 is 1. The van der Waals surface area contributed by atoms with Crippen molar-refractivity contribution < 1.29 is 9.53 Å². The van der Waals surface area contributed by atoms with Crippen molar-refractivity contribution in [2.45, 2.75) is 0 Å². The van der Waals surface area contributed by atoms with Crippen LogP contribution in [0.3, 0.4) is 0 Å². The second-order valence-corrected chi connectivity index (χ2v) is 4.13. The number of ether oxygens (including phenoxy) is 1. The molecule has 0 fully saturated rings. The van der Waals surface area contributed by atoms with E-state index in [0.717, 1.165) is 0 Å². The lowest BCUT2D eigenvalue weighted by Gasteiger charge is -2.08. The summed E-state index contributed by atoms with van der Waals surface area (Å²) in [5.41, 5.74) is 1.42. The summed E-state index contributed by atoms with van der Waals surface area (Å²) in [4.78, 5) is 19.5. The number of rotatable bonds is 2. The van der Waals surface area contributed by atoms with Gasteiger partial charge in [0.25, 0.3) is 0 Å². The number of nitrogens with zero attached hydrogens (tertiary/aromatic N) is 2. The number of halogens is 2. The molecule has 2 aromatic rings. The molecule has 1 aromatic carbocycles. The normalized spacial score (nSPS) is 10.2. The lowest BCUT2D eigenvalue weighted by atomic mass is 10.1. The topological polar surface area (TPSA) is 52.1 Å². The van der Waals surface area contributed by atoms with Crippen molar-refractivity contribution in [1.29, 1.82) is 0 Å². The summed E-state index contributed by atoms with van der Waals surface area (Å²) in [6.07, 6.45) is 4.67. The van der Waals surface area contributed by atoms with E-state index in [1.807, 2.05) is 0 Å². The molecule has 0 N–H and O–H groups in total. The number of carbonyl (C=O) groups excluding carboxylic acids is 1. The van der Waals surface area contributed by atoms with Crippen LogP contribution in [0.2, 0.25) is 10.0 Å². The molecule has 0 radical (unpaired) electrons. The van der Waals surface area contributed by atoms with E-state index >= 15 is 0 Å². The molecule has 0 amide bonds. The third-order valence-corrected chi connectivity index (χ3v) is 3.21. The smallest absolute Gasteiger partial charge is 0.339 e. The van der Waals surface area contributed by atoms with Gasteiger partial charge in [0.1, 0.15) is 0 Å². The number of aromatic nitrogens is 2. The van der Waals surface area contributed by atoms with Crippen LogP contribution in [0.5, 0.6) is 0 Å². The van der Waals surface area contributed by atoms with Gasteiger partial charge >= 0.3 is 5.97 Å². The minimum absolute atomic E-state index is 0.145. The molecule has 1 aromatic heterocycles. The lowest BCUT2D eigenvalue weighted by molar-refractivity contribution is 0.0601. The quantitative estimate of drug-likeness (QED) is 0.794. The van der Waals surface area contributed by atoms with E-state index in [1.54, 1.807) is 30.7 Å². The Balaban J connectivity index is 2.54. The fourth-order valence-corrected chi connectivity index (χ4v) is 1.96. The fourth-order valence-electron chi connectivity index (χ4n) is 1.45.